The molecule has 1 aliphatic carbocycles. The lowest BCUT2D eigenvalue weighted by Crippen LogP contribution is -2.57. The normalized spacial score (nSPS) is 38.5. The number of morpholine rings is 1. The van der Waals surface area contributed by atoms with E-state index in [-0.39, 0.29) is 17.7 Å². The van der Waals surface area contributed by atoms with Crippen molar-refractivity contribution in [1.82, 2.24) is 10.2 Å². The standard InChI is InChI=1S/C13H26N2O2/c1-12(2)10-17-7-6-15(12)11-4-5-13(8-11,9-16)14-3/h11,14,16H,4-10H2,1-3H3. The van der Waals surface area contributed by atoms with E-state index >= 15 is 0 Å². The van der Waals surface area contributed by atoms with Gasteiger partial charge in [-0.3, -0.25) is 4.90 Å². The molecule has 0 spiro atoms. The third kappa shape index (κ3) is 2.50. The monoisotopic (exact) mass is 242 g/mol. The van der Waals surface area contributed by atoms with Crippen LogP contribution in [0.3, 0.4) is 0 Å². The lowest BCUT2D eigenvalue weighted by molar-refractivity contribution is -0.0722. The molecule has 100 valence electrons. The van der Waals surface area contributed by atoms with Crippen LogP contribution in [-0.4, -0.2) is 60.5 Å². The topological polar surface area (TPSA) is 44.7 Å². The molecule has 0 amide bonds. The van der Waals surface area contributed by atoms with Gasteiger partial charge in [0.2, 0.25) is 0 Å². The highest BCUT2D eigenvalue weighted by Crippen LogP contribution is 2.36. The van der Waals surface area contributed by atoms with Gasteiger partial charge in [-0.2, -0.15) is 0 Å². The Bertz CT molecular complexity index is 264. The highest BCUT2D eigenvalue weighted by Gasteiger charge is 2.44. The average molecular weight is 242 g/mol. The van der Waals surface area contributed by atoms with Crippen molar-refractivity contribution in [1.29, 1.82) is 0 Å². The average Bonchev–Trinajstić information content (AvgIpc) is 2.73. The molecule has 1 saturated carbocycles. The van der Waals surface area contributed by atoms with Gasteiger partial charge in [0.25, 0.3) is 0 Å². The number of ether oxygens (including phenoxy) is 1. The van der Waals surface area contributed by atoms with Gasteiger partial charge in [-0.1, -0.05) is 0 Å². The van der Waals surface area contributed by atoms with Crippen LogP contribution in [0.25, 0.3) is 0 Å². The molecule has 1 aliphatic heterocycles. The first-order valence-electron chi connectivity index (χ1n) is 6.67. The van der Waals surface area contributed by atoms with E-state index in [2.05, 4.69) is 24.1 Å². The van der Waals surface area contributed by atoms with Crippen LogP contribution < -0.4 is 5.32 Å². The van der Waals surface area contributed by atoms with Crippen LogP contribution in [0.2, 0.25) is 0 Å². The van der Waals surface area contributed by atoms with Crippen LogP contribution in [0, 0.1) is 0 Å². The molecular formula is C13H26N2O2. The van der Waals surface area contributed by atoms with Crippen molar-refractivity contribution in [3.05, 3.63) is 0 Å². The molecule has 2 aliphatic rings. The molecule has 4 heteroatoms. The minimum atomic E-state index is -0.0565. The Labute approximate surface area is 104 Å². The van der Waals surface area contributed by atoms with Gasteiger partial charge in [-0.05, 0) is 40.2 Å². The van der Waals surface area contributed by atoms with E-state index in [1.165, 1.54) is 6.42 Å². The van der Waals surface area contributed by atoms with E-state index in [1.807, 2.05) is 7.05 Å². The maximum absolute atomic E-state index is 9.56. The second-order valence-electron chi connectivity index (χ2n) is 6.14. The maximum Gasteiger partial charge on any atom is 0.0645 e. The number of hydrogen-bond acceptors (Lipinski definition) is 4. The van der Waals surface area contributed by atoms with E-state index in [9.17, 15) is 5.11 Å². The van der Waals surface area contributed by atoms with Gasteiger partial charge >= 0.3 is 0 Å². The number of likely N-dealkylation sites (N-methyl/N-ethyl adjacent to an activating group) is 1. The Balaban J connectivity index is 2.04. The quantitative estimate of drug-likeness (QED) is 0.761. The summed E-state index contributed by atoms with van der Waals surface area (Å²) in [4.78, 5) is 2.57. The van der Waals surface area contributed by atoms with Crippen LogP contribution in [-0.2, 0) is 4.74 Å². The van der Waals surface area contributed by atoms with Gasteiger partial charge in [-0.25, -0.2) is 0 Å². The number of hydrogen-bond donors (Lipinski definition) is 2. The minimum absolute atomic E-state index is 0.0565. The fourth-order valence-corrected chi connectivity index (χ4v) is 3.36. The zero-order valence-corrected chi connectivity index (χ0v) is 11.3. The zero-order valence-electron chi connectivity index (χ0n) is 11.3. The van der Waals surface area contributed by atoms with Crippen LogP contribution >= 0.6 is 0 Å². The van der Waals surface area contributed by atoms with Gasteiger partial charge in [0.1, 0.15) is 0 Å². The highest BCUT2D eigenvalue weighted by atomic mass is 16.5. The number of nitrogens with one attached hydrogen (secondary N) is 1. The molecule has 1 heterocycles. The predicted octanol–water partition coefficient (Wildman–Crippen LogP) is 0.600. The van der Waals surface area contributed by atoms with Crippen molar-refractivity contribution in [2.24, 2.45) is 0 Å². The van der Waals surface area contributed by atoms with Crippen molar-refractivity contribution in [3.63, 3.8) is 0 Å². The van der Waals surface area contributed by atoms with E-state index in [4.69, 9.17) is 4.74 Å². The molecule has 4 nitrogen and oxygen atoms in total. The molecule has 0 aromatic carbocycles. The molecule has 2 unspecified atom stereocenters. The minimum Gasteiger partial charge on any atom is -0.394 e. The third-order valence-corrected chi connectivity index (χ3v) is 4.57. The van der Waals surface area contributed by atoms with Crippen molar-refractivity contribution in [2.75, 3.05) is 33.4 Å². The molecule has 0 bridgehead atoms. The highest BCUT2D eigenvalue weighted by molar-refractivity contribution is 5.01. The SMILES string of the molecule is CNC1(CO)CCC(N2CCOCC2(C)C)C1. The smallest absolute Gasteiger partial charge is 0.0645 e. The van der Waals surface area contributed by atoms with Crippen LogP contribution in [0.1, 0.15) is 33.1 Å². The summed E-state index contributed by atoms with van der Waals surface area (Å²) in [6.45, 7) is 7.42. The van der Waals surface area contributed by atoms with Crippen LogP contribution in [0.15, 0.2) is 0 Å². The maximum atomic E-state index is 9.56. The van der Waals surface area contributed by atoms with Gasteiger partial charge in [0.05, 0.1) is 19.8 Å². The fourth-order valence-electron chi connectivity index (χ4n) is 3.36. The molecule has 0 radical (unpaired) electrons. The number of aliphatic hydroxyl groups is 1. The van der Waals surface area contributed by atoms with Crippen molar-refractivity contribution < 1.29 is 9.84 Å². The molecule has 1 saturated heterocycles. The number of aliphatic hydroxyl groups excluding tert-OH is 1. The Kier molecular flexibility index (Phi) is 3.78. The molecule has 2 atom stereocenters. The first-order chi connectivity index (χ1) is 8.03. The lowest BCUT2D eigenvalue weighted by atomic mass is 9.96. The van der Waals surface area contributed by atoms with E-state index in [1.54, 1.807) is 0 Å². The Hall–Kier alpha value is -0.160. The molecule has 0 aromatic rings. The first-order valence-corrected chi connectivity index (χ1v) is 6.67. The number of nitrogens with zero attached hydrogens (tertiary/aromatic N) is 1. The predicted molar refractivity (Wildman–Crippen MR) is 68.1 cm³/mol. The van der Waals surface area contributed by atoms with Gasteiger partial charge in [0.15, 0.2) is 0 Å². The molecule has 2 fully saturated rings. The molecule has 17 heavy (non-hydrogen) atoms. The summed E-state index contributed by atoms with van der Waals surface area (Å²) < 4.78 is 5.57. The summed E-state index contributed by atoms with van der Waals surface area (Å²) in [5.74, 6) is 0. The second-order valence-corrected chi connectivity index (χ2v) is 6.14. The zero-order chi connectivity index (χ0) is 12.5. The van der Waals surface area contributed by atoms with Crippen LogP contribution in [0.5, 0.6) is 0 Å². The van der Waals surface area contributed by atoms with Crippen LogP contribution in [0.4, 0.5) is 0 Å². The summed E-state index contributed by atoms with van der Waals surface area (Å²) in [6, 6.07) is 0.577. The first kappa shape index (κ1) is 13.3. The van der Waals surface area contributed by atoms with Gasteiger partial charge in [-0.15, -0.1) is 0 Å². The van der Waals surface area contributed by atoms with E-state index < -0.39 is 0 Å². The van der Waals surface area contributed by atoms with Crippen molar-refractivity contribution >= 4 is 0 Å². The summed E-state index contributed by atoms with van der Waals surface area (Å²) >= 11 is 0. The van der Waals surface area contributed by atoms with Crippen molar-refractivity contribution in [3.8, 4) is 0 Å². The summed E-state index contributed by atoms with van der Waals surface area (Å²) in [5, 5.41) is 12.9. The summed E-state index contributed by atoms with van der Waals surface area (Å²) in [5.41, 5.74) is 0.0707. The lowest BCUT2D eigenvalue weighted by Gasteiger charge is -2.46. The van der Waals surface area contributed by atoms with Gasteiger partial charge in [0, 0.05) is 23.7 Å². The third-order valence-electron chi connectivity index (χ3n) is 4.57. The van der Waals surface area contributed by atoms with Crippen molar-refractivity contribution in [2.45, 2.75) is 50.2 Å². The summed E-state index contributed by atoms with van der Waals surface area (Å²) in [6.07, 6.45) is 3.28. The molecule has 0 aromatic heterocycles. The van der Waals surface area contributed by atoms with E-state index in [0.29, 0.717) is 6.04 Å². The summed E-state index contributed by atoms with van der Waals surface area (Å²) in [7, 11) is 1.96. The Morgan fingerprint density at radius 3 is 2.76 bits per heavy atom. The Morgan fingerprint density at radius 2 is 2.24 bits per heavy atom. The molecule has 2 rings (SSSR count). The molecule has 2 N–H and O–H groups in total. The Morgan fingerprint density at radius 1 is 1.47 bits per heavy atom. The fraction of sp³-hybridized carbons (Fsp3) is 1.00. The number of rotatable bonds is 3. The molecular weight excluding hydrogens is 216 g/mol. The second kappa shape index (κ2) is 4.84. The van der Waals surface area contributed by atoms with Gasteiger partial charge < -0.3 is 15.2 Å². The largest absolute Gasteiger partial charge is 0.394 e. The van der Waals surface area contributed by atoms with E-state index in [0.717, 1.165) is 32.6 Å².